The highest BCUT2D eigenvalue weighted by atomic mass is 16.6. The van der Waals surface area contributed by atoms with Crippen molar-refractivity contribution in [1.82, 2.24) is 4.90 Å². The van der Waals surface area contributed by atoms with Crippen molar-refractivity contribution in [3.63, 3.8) is 0 Å². The number of nitrogens with zero attached hydrogens (tertiary/aromatic N) is 2. The molecule has 2 aliphatic heterocycles. The lowest BCUT2D eigenvalue weighted by Gasteiger charge is -2.49. The number of hydrogen-bond donors (Lipinski definition) is 1. The number of amides is 1. The highest BCUT2D eigenvalue weighted by Crippen LogP contribution is 2.49. The summed E-state index contributed by atoms with van der Waals surface area (Å²) >= 11 is 0. The van der Waals surface area contributed by atoms with Crippen LogP contribution in [0.1, 0.15) is 43.2 Å². The number of fused-ring (bicyclic) bond motifs is 4. The number of piperidine rings is 2. The normalized spacial score (nSPS) is 29.6. The predicted molar refractivity (Wildman–Crippen MR) is 120 cm³/mol. The Bertz CT molecular complexity index is 970. The van der Waals surface area contributed by atoms with Crippen molar-refractivity contribution in [2.45, 2.75) is 56.7 Å². The highest BCUT2D eigenvalue weighted by molar-refractivity contribution is 5.85. The van der Waals surface area contributed by atoms with Crippen LogP contribution in [0.5, 0.6) is 0 Å². The molecule has 2 heterocycles. The van der Waals surface area contributed by atoms with Gasteiger partial charge in [0.15, 0.2) is 0 Å². The lowest BCUT2D eigenvalue weighted by Crippen LogP contribution is -2.55. The number of benzene rings is 2. The summed E-state index contributed by atoms with van der Waals surface area (Å²) in [5.41, 5.74) is 2.53. The minimum Gasteiger partial charge on any atom is -0.446 e. The molecule has 1 saturated carbocycles. The summed E-state index contributed by atoms with van der Waals surface area (Å²) < 4.78 is 5.99. The molecule has 1 N–H and O–H groups in total. The van der Waals surface area contributed by atoms with Gasteiger partial charge in [0, 0.05) is 23.7 Å². The molecule has 3 aliphatic rings. The Morgan fingerprint density at radius 2 is 2.00 bits per heavy atom. The molecule has 5 heteroatoms. The summed E-state index contributed by atoms with van der Waals surface area (Å²) in [7, 11) is 0. The molecule has 0 radical (unpaired) electrons. The number of anilines is 1. The standard InChI is InChI=1S/C26H29N3O2/c27-17-19-9-6-10-21(13-19)28-26(30)31-25-16-20-15-22(25)23-11-4-5-12-29(23)24(20)14-18-7-2-1-3-8-18/h1-3,6-10,13,20,22-25H,4-5,11-12,14-16H2,(H,28,30)/t20?,22?,23-,24+,25?/m1/s1. The molecule has 1 aliphatic carbocycles. The van der Waals surface area contributed by atoms with Crippen molar-refractivity contribution in [3.8, 4) is 6.07 Å². The number of ether oxygens (including phenoxy) is 1. The summed E-state index contributed by atoms with van der Waals surface area (Å²) in [4.78, 5) is 15.4. The lowest BCUT2D eigenvalue weighted by atomic mass is 9.79. The van der Waals surface area contributed by atoms with Gasteiger partial charge >= 0.3 is 6.09 Å². The van der Waals surface area contributed by atoms with E-state index in [-0.39, 0.29) is 6.10 Å². The van der Waals surface area contributed by atoms with E-state index in [1.165, 1.54) is 24.8 Å². The molecule has 0 aromatic heterocycles. The number of nitriles is 1. The fourth-order valence-corrected chi connectivity index (χ4v) is 6.14. The van der Waals surface area contributed by atoms with Crippen LogP contribution in [0.4, 0.5) is 10.5 Å². The number of hydrogen-bond acceptors (Lipinski definition) is 4. The summed E-state index contributed by atoms with van der Waals surface area (Å²) in [6.45, 7) is 1.16. The number of carbonyl (C=O) groups excluding carboxylic acids is 1. The quantitative estimate of drug-likeness (QED) is 0.765. The Hall–Kier alpha value is -2.84. The molecule has 5 rings (SSSR count). The minimum atomic E-state index is -0.408. The first-order chi connectivity index (χ1) is 15.2. The van der Waals surface area contributed by atoms with Crippen LogP contribution in [0.25, 0.3) is 0 Å². The molecule has 3 unspecified atom stereocenters. The predicted octanol–water partition coefficient (Wildman–Crippen LogP) is 4.98. The van der Waals surface area contributed by atoms with Crippen molar-refractivity contribution >= 4 is 11.8 Å². The van der Waals surface area contributed by atoms with E-state index in [9.17, 15) is 4.79 Å². The summed E-state index contributed by atoms with van der Waals surface area (Å²) in [6.07, 6.45) is 6.47. The summed E-state index contributed by atoms with van der Waals surface area (Å²) in [6, 6.07) is 20.9. The Morgan fingerprint density at radius 3 is 2.84 bits per heavy atom. The second-order valence-electron chi connectivity index (χ2n) is 9.21. The van der Waals surface area contributed by atoms with Crippen LogP contribution < -0.4 is 5.32 Å². The number of carbonyl (C=O) groups is 1. The third-order valence-electron chi connectivity index (χ3n) is 7.43. The van der Waals surface area contributed by atoms with Gasteiger partial charge < -0.3 is 4.74 Å². The first kappa shape index (κ1) is 20.1. The topological polar surface area (TPSA) is 65.4 Å². The second kappa shape index (κ2) is 8.72. The van der Waals surface area contributed by atoms with Gasteiger partial charge in [-0.25, -0.2) is 4.79 Å². The smallest absolute Gasteiger partial charge is 0.411 e. The van der Waals surface area contributed by atoms with E-state index < -0.39 is 6.09 Å². The highest BCUT2D eigenvalue weighted by Gasteiger charge is 2.52. The van der Waals surface area contributed by atoms with E-state index in [1.807, 2.05) is 0 Å². The van der Waals surface area contributed by atoms with Crippen LogP contribution in [-0.2, 0) is 11.2 Å². The van der Waals surface area contributed by atoms with Crippen molar-refractivity contribution < 1.29 is 9.53 Å². The zero-order valence-corrected chi connectivity index (χ0v) is 17.7. The molecule has 160 valence electrons. The van der Waals surface area contributed by atoms with Gasteiger partial charge in [0.25, 0.3) is 0 Å². The van der Waals surface area contributed by atoms with E-state index in [4.69, 9.17) is 10.00 Å². The van der Waals surface area contributed by atoms with E-state index in [2.05, 4.69) is 46.6 Å². The van der Waals surface area contributed by atoms with Crippen LogP contribution in [-0.4, -0.2) is 35.7 Å². The number of rotatable bonds is 4. The molecule has 2 aromatic rings. The monoisotopic (exact) mass is 415 g/mol. The van der Waals surface area contributed by atoms with Gasteiger partial charge in [-0.3, -0.25) is 10.2 Å². The van der Waals surface area contributed by atoms with E-state index in [1.54, 1.807) is 24.3 Å². The van der Waals surface area contributed by atoms with Crippen LogP contribution in [0, 0.1) is 23.2 Å². The molecule has 1 amide bonds. The largest absolute Gasteiger partial charge is 0.446 e. The van der Waals surface area contributed by atoms with Crippen LogP contribution in [0.3, 0.4) is 0 Å². The average molecular weight is 416 g/mol. The third kappa shape index (κ3) is 4.18. The van der Waals surface area contributed by atoms with Gasteiger partial charge in [0.1, 0.15) is 6.10 Å². The molecule has 3 fully saturated rings. The molecule has 5 nitrogen and oxygen atoms in total. The van der Waals surface area contributed by atoms with E-state index >= 15 is 0 Å². The third-order valence-corrected chi connectivity index (χ3v) is 7.43. The van der Waals surface area contributed by atoms with Gasteiger partial charge in [-0.15, -0.1) is 0 Å². The van der Waals surface area contributed by atoms with Crippen molar-refractivity contribution in [2.75, 3.05) is 11.9 Å². The van der Waals surface area contributed by atoms with E-state index in [0.717, 1.165) is 25.8 Å². The Kier molecular flexibility index (Phi) is 5.65. The van der Waals surface area contributed by atoms with Crippen LogP contribution >= 0.6 is 0 Å². The van der Waals surface area contributed by atoms with Gasteiger partial charge in [-0.1, -0.05) is 42.8 Å². The van der Waals surface area contributed by atoms with Gasteiger partial charge in [-0.2, -0.15) is 5.26 Å². The Morgan fingerprint density at radius 1 is 1.13 bits per heavy atom. The van der Waals surface area contributed by atoms with E-state index in [0.29, 0.717) is 35.2 Å². The maximum absolute atomic E-state index is 12.7. The first-order valence-electron chi connectivity index (χ1n) is 11.5. The fourth-order valence-electron chi connectivity index (χ4n) is 6.14. The van der Waals surface area contributed by atoms with Crippen molar-refractivity contribution in [1.29, 1.82) is 5.26 Å². The average Bonchev–Trinajstić information content (AvgIpc) is 3.16. The summed E-state index contributed by atoms with van der Waals surface area (Å²) in [5.74, 6) is 0.993. The van der Waals surface area contributed by atoms with Crippen molar-refractivity contribution in [2.24, 2.45) is 11.8 Å². The zero-order valence-electron chi connectivity index (χ0n) is 17.7. The molecule has 2 saturated heterocycles. The lowest BCUT2D eigenvalue weighted by molar-refractivity contribution is -0.0144. The zero-order chi connectivity index (χ0) is 21.2. The maximum Gasteiger partial charge on any atom is 0.411 e. The molecular weight excluding hydrogens is 386 g/mol. The minimum absolute atomic E-state index is 0.0319. The maximum atomic E-state index is 12.7. The van der Waals surface area contributed by atoms with Crippen LogP contribution in [0.2, 0.25) is 0 Å². The molecule has 0 spiro atoms. The Labute approximate surface area is 184 Å². The summed E-state index contributed by atoms with van der Waals surface area (Å²) in [5, 5.41) is 11.9. The number of nitrogens with one attached hydrogen (secondary N) is 1. The van der Waals surface area contributed by atoms with Gasteiger partial charge in [-0.05, 0) is 68.3 Å². The molecule has 5 atom stereocenters. The van der Waals surface area contributed by atoms with Gasteiger partial charge in [0.2, 0.25) is 0 Å². The Balaban J connectivity index is 1.29. The first-order valence-corrected chi connectivity index (χ1v) is 11.5. The fraction of sp³-hybridized carbons (Fsp3) is 0.462. The van der Waals surface area contributed by atoms with Crippen molar-refractivity contribution in [3.05, 3.63) is 65.7 Å². The second-order valence-corrected chi connectivity index (χ2v) is 9.21. The van der Waals surface area contributed by atoms with Gasteiger partial charge in [0.05, 0.1) is 11.6 Å². The SMILES string of the molecule is N#Cc1cccc(NC(=O)OC2CC3CC2[C@H]2CCCCN2[C@H]3Cc2ccccc2)c1. The molecule has 2 bridgehead atoms. The van der Waals surface area contributed by atoms with Crippen LogP contribution in [0.15, 0.2) is 54.6 Å². The molecule has 31 heavy (non-hydrogen) atoms. The molecule has 2 aromatic carbocycles. The molecular formula is C26H29N3O2.